The summed E-state index contributed by atoms with van der Waals surface area (Å²) in [5, 5.41) is 0.756. The first-order valence-electron chi connectivity index (χ1n) is 7.23. The lowest BCUT2D eigenvalue weighted by molar-refractivity contribution is -0.0387. The van der Waals surface area contributed by atoms with Crippen LogP contribution >= 0.6 is 0 Å². The Morgan fingerprint density at radius 3 is 2.95 bits per heavy atom. The van der Waals surface area contributed by atoms with E-state index in [1.807, 2.05) is 6.92 Å². The van der Waals surface area contributed by atoms with Crippen molar-refractivity contribution in [1.29, 1.82) is 0 Å². The summed E-state index contributed by atoms with van der Waals surface area (Å²) in [4.78, 5) is 0.215. The van der Waals surface area contributed by atoms with Crippen molar-refractivity contribution in [3.63, 3.8) is 0 Å². The highest BCUT2D eigenvalue weighted by atomic mass is 32.2. The van der Waals surface area contributed by atoms with Gasteiger partial charge in [0, 0.05) is 31.6 Å². The molecule has 0 amide bonds. The van der Waals surface area contributed by atoms with Crippen LogP contribution < -0.4 is 4.72 Å². The molecule has 0 bridgehead atoms. The maximum Gasteiger partial charge on any atom is 0.240 e. The van der Waals surface area contributed by atoms with Crippen molar-refractivity contribution in [3.05, 3.63) is 30.5 Å². The molecule has 7 heteroatoms. The van der Waals surface area contributed by atoms with E-state index in [1.165, 1.54) is 12.3 Å². The van der Waals surface area contributed by atoms with E-state index in [0.29, 0.717) is 31.8 Å². The summed E-state index contributed by atoms with van der Waals surface area (Å²) in [5.41, 5.74) is 0.0932. The molecule has 3 rings (SSSR count). The van der Waals surface area contributed by atoms with Crippen LogP contribution in [0.3, 0.4) is 0 Å². The first-order valence-corrected chi connectivity index (χ1v) is 8.72. The van der Waals surface area contributed by atoms with Gasteiger partial charge in [0.1, 0.15) is 11.2 Å². The van der Waals surface area contributed by atoms with Crippen molar-refractivity contribution in [3.8, 4) is 0 Å². The number of sulfonamides is 1. The summed E-state index contributed by atoms with van der Waals surface area (Å²) in [7, 11) is -3.60. The smallest absolute Gasteiger partial charge is 0.240 e. The summed E-state index contributed by atoms with van der Waals surface area (Å²) < 4.78 is 43.9. The van der Waals surface area contributed by atoms with E-state index in [1.54, 1.807) is 18.2 Å². The van der Waals surface area contributed by atoms with E-state index in [9.17, 15) is 8.42 Å². The Balaban J connectivity index is 1.77. The Morgan fingerprint density at radius 1 is 1.36 bits per heavy atom. The van der Waals surface area contributed by atoms with Gasteiger partial charge >= 0.3 is 0 Å². The van der Waals surface area contributed by atoms with Crippen molar-refractivity contribution < 1.29 is 22.3 Å². The Labute approximate surface area is 129 Å². The topological polar surface area (TPSA) is 77.8 Å². The predicted molar refractivity (Wildman–Crippen MR) is 81.2 cm³/mol. The number of rotatable bonds is 6. The second-order valence-corrected chi connectivity index (χ2v) is 7.13. The second kappa shape index (κ2) is 6.00. The van der Waals surface area contributed by atoms with Gasteiger partial charge in [-0.3, -0.25) is 0 Å². The van der Waals surface area contributed by atoms with Crippen molar-refractivity contribution in [2.45, 2.75) is 23.8 Å². The number of furan rings is 1. The molecule has 2 aromatic rings. The molecule has 22 heavy (non-hydrogen) atoms. The Hall–Kier alpha value is -1.41. The number of ether oxygens (including phenoxy) is 2. The van der Waals surface area contributed by atoms with Crippen LogP contribution in [0, 0.1) is 0 Å². The molecule has 1 atom stereocenters. The zero-order valence-electron chi connectivity index (χ0n) is 12.4. The SMILES string of the molecule is CCOC1(CNS(=O)(=O)c2ccc3occc3c2)CCOC1. The lowest BCUT2D eigenvalue weighted by Crippen LogP contribution is -2.45. The van der Waals surface area contributed by atoms with Crippen LogP contribution in [0.2, 0.25) is 0 Å². The third kappa shape index (κ3) is 3.03. The molecule has 6 nitrogen and oxygen atoms in total. The van der Waals surface area contributed by atoms with Crippen LogP contribution in [0.4, 0.5) is 0 Å². The van der Waals surface area contributed by atoms with Gasteiger partial charge in [-0.15, -0.1) is 0 Å². The fourth-order valence-electron chi connectivity index (χ4n) is 2.62. The lowest BCUT2D eigenvalue weighted by atomic mass is 10.0. The predicted octanol–water partition coefficient (Wildman–Crippen LogP) is 1.91. The first kappa shape index (κ1) is 15.5. The summed E-state index contributed by atoms with van der Waals surface area (Å²) >= 11 is 0. The fraction of sp³-hybridized carbons (Fsp3) is 0.467. The van der Waals surface area contributed by atoms with Crippen molar-refractivity contribution in [2.75, 3.05) is 26.4 Å². The molecule has 1 aliphatic rings. The molecule has 1 unspecified atom stereocenters. The van der Waals surface area contributed by atoms with Crippen molar-refractivity contribution >= 4 is 21.0 Å². The molecule has 2 heterocycles. The maximum atomic E-state index is 12.5. The van der Waals surface area contributed by atoms with Crippen molar-refractivity contribution in [2.24, 2.45) is 0 Å². The minimum atomic E-state index is -3.60. The minimum absolute atomic E-state index is 0.201. The molecule has 0 saturated carbocycles. The standard InChI is InChI=1S/C15H19NO5S/c1-2-21-15(6-8-19-11-15)10-16-22(17,18)13-3-4-14-12(9-13)5-7-20-14/h3-5,7,9,16H,2,6,8,10-11H2,1H3. The average molecular weight is 325 g/mol. The molecule has 120 valence electrons. The van der Waals surface area contributed by atoms with Gasteiger partial charge in [-0.25, -0.2) is 13.1 Å². The van der Waals surface area contributed by atoms with Gasteiger partial charge < -0.3 is 13.9 Å². The quantitative estimate of drug-likeness (QED) is 0.878. The van der Waals surface area contributed by atoms with Gasteiger partial charge in [0.25, 0.3) is 0 Å². The van der Waals surface area contributed by atoms with Crippen LogP contribution in [0.1, 0.15) is 13.3 Å². The second-order valence-electron chi connectivity index (χ2n) is 5.36. The fourth-order valence-corrected chi connectivity index (χ4v) is 3.77. The number of hydrogen-bond donors (Lipinski definition) is 1. The van der Waals surface area contributed by atoms with Crippen molar-refractivity contribution in [1.82, 2.24) is 4.72 Å². The molecule has 1 fully saturated rings. The first-order chi connectivity index (χ1) is 10.5. The summed E-state index contributed by atoms with van der Waals surface area (Å²) in [6, 6.07) is 6.52. The van der Waals surface area contributed by atoms with Crippen LogP contribution in [-0.4, -0.2) is 40.4 Å². The molecule has 0 radical (unpaired) electrons. The zero-order chi connectivity index (χ0) is 15.6. The number of nitrogens with one attached hydrogen (secondary N) is 1. The highest BCUT2D eigenvalue weighted by Gasteiger charge is 2.36. The van der Waals surface area contributed by atoms with E-state index in [0.717, 1.165) is 5.39 Å². The van der Waals surface area contributed by atoms with Gasteiger partial charge in [-0.1, -0.05) is 0 Å². The molecular formula is C15H19NO5S. The molecule has 1 aromatic heterocycles. The summed E-state index contributed by atoms with van der Waals surface area (Å²) in [5.74, 6) is 0. The third-order valence-corrected chi connectivity index (χ3v) is 5.24. The van der Waals surface area contributed by atoms with Crippen LogP contribution in [-0.2, 0) is 19.5 Å². The van der Waals surface area contributed by atoms with E-state index in [4.69, 9.17) is 13.9 Å². The normalized spacial score (nSPS) is 22.4. The summed E-state index contributed by atoms with van der Waals surface area (Å²) in [6.45, 7) is 3.60. The van der Waals surface area contributed by atoms with Crippen LogP contribution in [0.5, 0.6) is 0 Å². The van der Waals surface area contributed by atoms with E-state index in [-0.39, 0.29) is 11.4 Å². The largest absolute Gasteiger partial charge is 0.464 e. The molecule has 1 aliphatic heterocycles. The summed E-state index contributed by atoms with van der Waals surface area (Å²) in [6.07, 6.45) is 2.22. The number of benzene rings is 1. The third-order valence-electron chi connectivity index (χ3n) is 3.84. The molecule has 1 saturated heterocycles. The molecule has 1 aromatic carbocycles. The molecule has 0 aliphatic carbocycles. The average Bonchev–Trinajstić information content (AvgIpc) is 3.14. The number of fused-ring (bicyclic) bond motifs is 1. The van der Waals surface area contributed by atoms with Crippen LogP contribution in [0.15, 0.2) is 39.8 Å². The molecule has 1 N–H and O–H groups in total. The van der Waals surface area contributed by atoms with Gasteiger partial charge in [0.2, 0.25) is 10.0 Å². The van der Waals surface area contributed by atoms with E-state index in [2.05, 4.69) is 4.72 Å². The number of hydrogen-bond acceptors (Lipinski definition) is 5. The highest BCUT2D eigenvalue weighted by Crippen LogP contribution is 2.24. The molecule has 0 spiro atoms. The van der Waals surface area contributed by atoms with E-state index < -0.39 is 15.6 Å². The Kier molecular flexibility index (Phi) is 4.22. The van der Waals surface area contributed by atoms with Gasteiger partial charge in [0.05, 0.1) is 17.8 Å². The van der Waals surface area contributed by atoms with Gasteiger partial charge in [-0.05, 0) is 31.2 Å². The zero-order valence-corrected chi connectivity index (χ0v) is 13.2. The van der Waals surface area contributed by atoms with Gasteiger partial charge in [-0.2, -0.15) is 0 Å². The monoisotopic (exact) mass is 325 g/mol. The van der Waals surface area contributed by atoms with E-state index >= 15 is 0 Å². The Morgan fingerprint density at radius 2 is 2.23 bits per heavy atom. The Bertz CT molecular complexity index is 746. The van der Waals surface area contributed by atoms with Gasteiger partial charge in [0.15, 0.2) is 0 Å². The highest BCUT2D eigenvalue weighted by molar-refractivity contribution is 7.89. The maximum absolute atomic E-state index is 12.5. The molecular weight excluding hydrogens is 306 g/mol. The lowest BCUT2D eigenvalue weighted by Gasteiger charge is -2.27. The minimum Gasteiger partial charge on any atom is -0.464 e. The van der Waals surface area contributed by atoms with Crippen LogP contribution in [0.25, 0.3) is 11.0 Å².